The van der Waals surface area contributed by atoms with Gasteiger partial charge in [0.2, 0.25) is 0 Å². The van der Waals surface area contributed by atoms with Crippen molar-refractivity contribution in [3.63, 3.8) is 0 Å². The van der Waals surface area contributed by atoms with E-state index in [1.54, 1.807) is 18.3 Å². The number of aryl methyl sites for hydroxylation is 2. The van der Waals surface area contributed by atoms with Crippen LogP contribution in [0.15, 0.2) is 36.5 Å². The Morgan fingerprint density at radius 2 is 2.00 bits per heavy atom. The van der Waals surface area contributed by atoms with Crippen LogP contribution in [0.3, 0.4) is 0 Å². The third-order valence-electron chi connectivity index (χ3n) is 3.43. The number of hydrogen-bond donors (Lipinski definition) is 1. The van der Waals surface area contributed by atoms with Crippen LogP contribution in [0.1, 0.15) is 17.7 Å². The Morgan fingerprint density at radius 1 is 1.26 bits per heavy atom. The molecule has 0 bridgehead atoms. The summed E-state index contributed by atoms with van der Waals surface area (Å²) in [5.41, 5.74) is 2.23. The summed E-state index contributed by atoms with van der Waals surface area (Å²) in [6.45, 7) is 0.148. The maximum Gasteiger partial charge on any atom is 0.123 e. The fourth-order valence-corrected chi connectivity index (χ4v) is 2.21. The minimum absolute atomic E-state index is 0.148. The first kappa shape index (κ1) is 13.7. The van der Waals surface area contributed by atoms with E-state index in [0.29, 0.717) is 0 Å². The van der Waals surface area contributed by atoms with Gasteiger partial charge in [0.25, 0.3) is 0 Å². The molecule has 0 aliphatic carbocycles. The monoisotopic (exact) mass is 262 g/mol. The van der Waals surface area contributed by atoms with Gasteiger partial charge in [0.1, 0.15) is 5.82 Å². The molecule has 1 aromatic carbocycles. The van der Waals surface area contributed by atoms with E-state index in [2.05, 4.69) is 5.10 Å². The van der Waals surface area contributed by atoms with E-state index in [4.69, 9.17) is 0 Å². The van der Waals surface area contributed by atoms with Gasteiger partial charge < -0.3 is 5.11 Å². The number of halogens is 1. The number of hydrogen-bond acceptors (Lipinski definition) is 2. The number of aliphatic hydroxyl groups is 1. The van der Waals surface area contributed by atoms with Gasteiger partial charge in [-0.25, -0.2) is 4.39 Å². The fourth-order valence-electron chi connectivity index (χ4n) is 2.21. The van der Waals surface area contributed by atoms with Crippen molar-refractivity contribution in [2.75, 3.05) is 6.61 Å². The summed E-state index contributed by atoms with van der Waals surface area (Å²) in [6.07, 6.45) is 4.34. The molecule has 0 saturated heterocycles. The van der Waals surface area contributed by atoms with Gasteiger partial charge in [-0.1, -0.05) is 12.1 Å². The molecule has 2 rings (SSSR count). The first-order valence-electron chi connectivity index (χ1n) is 6.51. The zero-order valence-electron chi connectivity index (χ0n) is 11.1. The van der Waals surface area contributed by atoms with E-state index in [0.717, 1.165) is 30.5 Å². The van der Waals surface area contributed by atoms with Gasteiger partial charge in [-0.2, -0.15) is 5.10 Å². The van der Waals surface area contributed by atoms with E-state index >= 15 is 0 Å². The summed E-state index contributed by atoms with van der Waals surface area (Å²) in [7, 11) is 1.92. The van der Waals surface area contributed by atoms with Crippen molar-refractivity contribution in [3.05, 3.63) is 53.6 Å². The van der Waals surface area contributed by atoms with Crippen LogP contribution in [-0.4, -0.2) is 21.5 Å². The molecule has 1 aromatic heterocycles. The molecule has 3 nitrogen and oxygen atoms in total. The highest BCUT2D eigenvalue weighted by molar-refractivity contribution is 5.16. The Bertz CT molecular complexity index is 507. The van der Waals surface area contributed by atoms with Crippen LogP contribution in [0.25, 0.3) is 0 Å². The van der Waals surface area contributed by atoms with Crippen molar-refractivity contribution in [2.45, 2.75) is 19.3 Å². The predicted octanol–water partition coefficient (Wildman–Crippen LogP) is 2.34. The lowest BCUT2D eigenvalue weighted by molar-refractivity contribution is 0.217. The lowest BCUT2D eigenvalue weighted by Gasteiger charge is -2.14. The molecular weight excluding hydrogens is 243 g/mol. The average molecular weight is 262 g/mol. The fraction of sp³-hybridized carbons (Fsp3) is 0.400. The quantitative estimate of drug-likeness (QED) is 0.867. The van der Waals surface area contributed by atoms with E-state index in [1.807, 2.05) is 17.8 Å². The highest BCUT2D eigenvalue weighted by Gasteiger charge is 2.10. The molecule has 2 aromatic rings. The number of rotatable bonds is 6. The SMILES string of the molecule is Cn1nccc1CCC(CO)Cc1ccc(F)cc1. The largest absolute Gasteiger partial charge is 0.396 e. The van der Waals surface area contributed by atoms with Gasteiger partial charge in [0.05, 0.1) is 0 Å². The summed E-state index contributed by atoms with van der Waals surface area (Å²) in [5.74, 6) is -0.0282. The van der Waals surface area contributed by atoms with Gasteiger partial charge in [-0.05, 0) is 48.9 Å². The second-order valence-corrected chi connectivity index (χ2v) is 4.86. The standard InChI is InChI=1S/C15H19FN2O/c1-18-15(8-9-17-18)7-4-13(11-19)10-12-2-5-14(16)6-3-12/h2-3,5-6,8-9,13,19H,4,7,10-11H2,1H3. The Balaban J connectivity index is 1.90. The zero-order valence-corrected chi connectivity index (χ0v) is 11.1. The molecule has 1 N–H and O–H groups in total. The molecule has 4 heteroatoms. The van der Waals surface area contributed by atoms with E-state index in [1.165, 1.54) is 12.1 Å². The van der Waals surface area contributed by atoms with Gasteiger partial charge >= 0.3 is 0 Å². The third-order valence-corrected chi connectivity index (χ3v) is 3.43. The molecule has 0 amide bonds. The van der Waals surface area contributed by atoms with Gasteiger partial charge in [0.15, 0.2) is 0 Å². The Morgan fingerprint density at radius 3 is 2.58 bits per heavy atom. The molecule has 0 spiro atoms. The number of aliphatic hydroxyl groups excluding tert-OH is 1. The average Bonchev–Trinajstić information content (AvgIpc) is 2.82. The number of benzene rings is 1. The Kier molecular flexibility index (Phi) is 4.68. The van der Waals surface area contributed by atoms with Crippen molar-refractivity contribution in [1.82, 2.24) is 9.78 Å². The number of nitrogens with zero attached hydrogens (tertiary/aromatic N) is 2. The molecule has 0 aliphatic heterocycles. The zero-order chi connectivity index (χ0) is 13.7. The topological polar surface area (TPSA) is 38.0 Å². The lowest BCUT2D eigenvalue weighted by atomic mass is 9.95. The maximum absolute atomic E-state index is 12.8. The third kappa shape index (κ3) is 3.89. The highest BCUT2D eigenvalue weighted by atomic mass is 19.1. The highest BCUT2D eigenvalue weighted by Crippen LogP contribution is 2.15. The van der Waals surface area contributed by atoms with Crippen molar-refractivity contribution >= 4 is 0 Å². The molecule has 1 heterocycles. The normalized spacial score (nSPS) is 12.6. The van der Waals surface area contributed by atoms with Gasteiger partial charge in [0, 0.05) is 25.5 Å². The Labute approximate surface area is 112 Å². The predicted molar refractivity (Wildman–Crippen MR) is 72.2 cm³/mol. The van der Waals surface area contributed by atoms with Crippen LogP contribution in [0.4, 0.5) is 4.39 Å². The van der Waals surface area contributed by atoms with Crippen LogP contribution >= 0.6 is 0 Å². The minimum Gasteiger partial charge on any atom is -0.396 e. The van der Waals surface area contributed by atoms with E-state index in [9.17, 15) is 9.50 Å². The summed E-state index contributed by atoms with van der Waals surface area (Å²) in [6, 6.07) is 8.48. The van der Waals surface area contributed by atoms with Crippen molar-refractivity contribution < 1.29 is 9.50 Å². The van der Waals surface area contributed by atoms with Gasteiger partial charge in [-0.15, -0.1) is 0 Å². The smallest absolute Gasteiger partial charge is 0.123 e. The first-order chi connectivity index (χ1) is 9.19. The van der Waals surface area contributed by atoms with E-state index in [-0.39, 0.29) is 18.3 Å². The molecule has 1 atom stereocenters. The van der Waals surface area contributed by atoms with Crippen molar-refractivity contribution in [2.24, 2.45) is 13.0 Å². The van der Waals surface area contributed by atoms with Crippen LogP contribution in [0.5, 0.6) is 0 Å². The summed E-state index contributed by atoms with van der Waals surface area (Å²) in [4.78, 5) is 0. The van der Waals surface area contributed by atoms with E-state index < -0.39 is 0 Å². The summed E-state index contributed by atoms with van der Waals surface area (Å²) >= 11 is 0. The molecule has 19 heavy (non-hydrogen) atoms. The Hall–Kier alpha value is -1.68. The molecule has 0 radical (unpaired) electrons. The summed E-state index contributed by atoms with van der Waals surface area (Å²) < 4.78 is 14.7. The first-order valence-corrected chi connectivity index (χ1v) is 6.51. The molecule has 0 saturated carbocycles. The second kappa shape index (κ2) is 6.48. The van der Waals surface area contributed by atoms with Crippen LogP contribution < -0.4 is 0 Å². The summed E-state index contributed by atoms with van der Waals surface area (Å²) in [5, 5.41) is 13.6. The minimum atomic E-state index is -0.223. The van der Waals surface area contributed by atoms with Crippen LogP contribution in [0.2, 0.25) is 0 Å². The number of aromatic nitrogens is 2. The molecule has 1 unspecified atom stereocenters. The lowest BCUT2D eigenvalue weighted by Crippen LogP contribution is -2.12. The molecule has 102 valence electrons. The maximum atomic E-state index is 12.8. The van der Waals surface area contributed by atoms with Crippen molar-refractivity contribution in [3.8, 4) is 0 Å². The van der Waals surface area contributed by atoms with Crippen molar-refractivity contribution in [1.29, 1.82) is 0 Å². The second-order valence-electron chi connectivity index (χ2n) is 4.86. The molecular formula is C15H19FN2O. The van der Waals surface area contributed by atoms with Crippen LogP contribution in [0, 0.1) is 11.7 Å². The molecule has 0 fully saturated rings. The molecule has 0 aliphatic rings. The van der Waals surface area contributed by atoms with Gasteiger partial charge in [-0.3, -0.25) is 4.68 Å². The van der Waals surface area contributed by atoms with Crippen LogP contribution in [-0.2, 0) is 19.9 Å².